The second-order valence-corrected chi connectivity index (χ2v) is 6.18. The first-order valence-electron chi connectivity index (χ1n) is 7.54. The second-order valence-electron chi connectivity index (χ2n) is 5.74. The summed E-state index contributed by atoms with van der Waals surface area (Å²) < 4.78 is 30.0. The first-order chi connectivity index (χ1) is 11.1. The van der Waals surface area contributed by atoms with E-state index >= 15 is 0 Å². The average Bonchev–Trinajstić information content (AvgIpc) is 2.97. The van der Waals surface area contributed by atoms with Gasteiger partial charge in [-0.2, -0.15) is 4.98 Å². The molecule has 0 saturated carbocycles. The highest BCUT2D eigenvalue weighted by Crippen LogP contribution is 2.23. The van der Waals surface area contributed by atoms with Gasteiger partial charge in [-0.05, 0) is 37.9 Å². The van der Waals surface area contributed by atoms with Gasteiger partial charge in [0.05, 0.1) is 11.6 Å². The number of hydrogen-bond donors (Lipinski definition) is 0. The molecular formula is C15H17ClF2N4O. The van der Waals surface area contributed by atoms with Crippen molar-refractivity contribution in [2.45, 2.75) is 25.7 Å². The molecule has 3 rings (SSSR count). The van der Waals surface area contributed by atoms with Crippen molar-refractivity contribution in [2.24, 2.45) is 5.92 Å². The molecule has 0 spiro atoms. The highest BCUT2D eigenvalue weighted by atomic mass is 35.5. The molecule has 124 valence electrons. The van der Waals surface area contributed by atoms with E-state index in [1.807, 2.05) is 0 Å². The lowest BCUT2D eigenvalue weighted by Crippen LogP contribution is -2.37. The Hall–Kier alpha value is -1.60. The zero-order valence-electron chi connectivity index (χ0n) is 12.5. The summed E-state index contributed by atoms with van der Waals surface area (Å²) in [5.41, 5.74) is 0.708. The molecule has 2 aromatic rings. The molecule has 1 aliphatic rings. The summed E-state index contributed by atoms with van der Waals surface area (Å²) in [6, 6.07) is 1.73. The van der Waals surface area contributed by atoms with Crippen LogP contribution in [0.2, 0.25) is 5.02 Å². The minimum Gasteiger partial charge on any atom is -0.339 e. The van der Waals surface area contributed by atoms with Crippen molar-refractivity contribution in [3.63, 3.8) is 0 Å². The molecule has 1 aliphatic heterocycles. The Labute approximate surface area is 137 Å². The Bertz CT molecular complexity index is 644. The Kier molecular flexibility index (Phi) is 5.17. The molecule has 0 N–H and O–H groups in total. The smallest absolute Gasteiger partial charge is 0.251 e. The van der Waals surface area contributed by atoms with Gasteiger partial charge in [-0.3, -0.25) is 9.88 Å². The fraction of sp³-hybridized carbons (Fsp3) is 0.533. The largest absolute Gasteiger partial charge is 0.339 e. The third-order valence-electron chi connectivity index (χ3n) is 4.00. The van der Waals surface area contributed by atoms with E-state index in [0.29, 0.717) is 47.7 Å². The molecule has 5 nitrogen and oxygen atoms in total. The van der Waals surface area contributed by atoms with Crippen molar-refractivity contribution in [1.29, 1.82) is 0 Å². The molecule has 0 radical (unpaired) electrons. The van der Waals surface area contributed by atoms with E-state index in [-0.39, 0.29) is 6.54 Å². The van der Waals surface area contributed by atoms with Crippen LogP contribution >= 0.6 is 11.6 Å². The van der Waals surface area contributed by atoms with Gasteiger partial charge in [0, 0.05) is 24.4 Å². The molecule has 0 unspecified atom stereocenters. The first-order valence-corrected chi connectivity index (χ1v) is 7.92. The molecule has 0 aromatic carbocycles. The van der Waals surface area contributed by atoms with Crippen LogP contribution < -0.4 is 0 Å². The van der Waals surface area contributed by atoms with E-state index in [4.69, 9.17) is 16.1 Å². The Balaban J connectivity index is 1.56. The van der Waals surface area contributed by atoms with Crippen LogP contribution in [0.15, 0.2) is 23.0 Å². The number of pyridine rings is 1. The van der Waals surface area contributed by atoms with Crippen LogP contribution in [-0.4, -0.2) is 46.1 Å². The topological polar surface area (TPSA) is 55.1 Å². The quantitative estimate of drug-likeness (QED) is 0.834. The lowest BCUT2D eigenvalue weighted by atomic mass is 9.93. The predicted molar refractivity (Wildman–Crippen MR) is 81.4 cm³/mol. The number of hydrogen-bond acceptors (Lipinski definition) is 5. The van der Waals surface area contributed by atoms with E-state index in [2.05, 4.69) is 15.1 Å². The van der Waals surface area contributed by atoms with Crippen LogP contribution in [0, 0.1) is 5.92 Å². The number of alkyl halides is 2. The maximum atomic E-state index is 12.4. The van der Waals surface area contributed by atoms with Gasteiger partial charge in [-0.1, -0.05) is 16.8 Å². The molecular weight excluding hydrogens is 326 g/mol. The molecule has 0 aliphatic carbocycles. The van der Waals surface area contributed by atoms with Gasteiger partial charge in [-0.15, -0.1) is 0 Å². The summed E-state index contributed by atoms with van der Waals surface area (Å²) in [5, 5.41) is 4.47. The Morgan fingerprint density at radius 2 is 2.09 bits per heavy atom. The lowest BCUT2D eigenvalue weighted by Gasteiger charge is -2.30. The standard InChI is InChI=1S/C15H17ClF2N4O/c16-12-6-11(7-19-8-12)15-20-14(23-21-15)5-10-1-3-22(4-2-10)9-13(17)18/h6-8,10,13H,1-5,9H2. The van der Waals surface area contributed by atoms with Crippen molar-refractivity contribution >= 4 is 11.6 Å². The van der Waals surface area contributed by atoms with Crippen LogP contribution in [0.1, 0.15) is 18.7 Å². The van der Waals surface area contributed by atoms with Gasteiger partial charge in [0.25, 0.3) is 6.43 Å². The molecule has 23 heavy (non-hydrogen) atoms. The Morgan fingerprint density at radius 1 is 1.30 bits per heavy atom. The SMILES string of the molecule is FC(F)CN1CCC(Cc2nc(-c3cncc(Cl)c3)no2)CC1. The van der Waals surface area contributed by atoms with Crippen molar-refractivity contribution < 1.29 is 13.3 Å². The number of likely N-dealkylation sites (tertiary alicyclic amines) is 1. The summed E-state index contributed by atoms with van der Waals surface area (Å²) in [5.74, 6) is 1.41. The van der Waals surface area contributed by atoms with Crippen molar-refractivity contribution in [2.75, 3.05) is 19.6 Å². The minimum absolute atomic E-state index is 0.140. The predicted octanol–water partition coefficient (Wildman–Crippen LogP) is 3.30. The Morgan fingerprint density at radius 3 is 2.78 bits per heavy atom. The monoisotopic (exact) mass is 342 g/mol. The summed E-state index contributed by atoms with van der Waals surface area (Å²) in [6.07, 6.45) is 3.30. The number of rotatable bonds is 5. The van der Waals surface area contributed by atoms with Crippen LogP contribution in [0.5, 0.6) is 0 Å². The maximum Gasteiger partial charge on any atom is 0.251 e. The molecule has 0 amide bonds. The van der Waals surface area contributed by atoms with Crippen molar-refractivity contribution in [3.8, 4) is 11.4 Å². The van der Waals surface area contributed by atoms with Gasteiger partial charge in [0.2, 0.25) is 11.7 Å². The van der Waals surface area contributed by atoms with Gasteiger partial charge < -0.3 is 4.52 Å². The van der Waals surface area contributed by atoms with Gasteiger partial charge in [0.15, 0.2) is 0 Å². The first kappa shape index (κ1) is 16.3. The highest BCUT2D eigenvalue weighted by molar-refractivity contribution is 6.30. The minimum atomic E-state index is -2.27. The van der Waals surface area contributed by atoms with E-state index in [9.17, 15) is 8.78 Å². The highest BCUT2D eigenvalue weighted by Gasteiger charge is 2.23. The fourth-order valence-electron chi connectivity index (χ4n) is 2.80. The summed E-state index contributed by atoms with van der Waals surface area (Å²) in [6.45, 7) is 1.24. The second kappa shape index (κ2) is 7.31. The van der Waals surface area contributed by atoms with E-state index in [1.54, 1.807) is 23.4 Å². The van der Waals surface area contributed by atoms with Crippen molar-refractivity contribution in [3.05, 3.63) is 29.4 Å². The zero-order chi connectivity index (χ0) is 16.2. The summed E-state index contributed by atoms with van der Waals surface area (Å²) in [7, 11) is 0. The number of nitrogens with zero attached hydrogens (tertiary/aromatic N) is 4. The fourth-order valence-corrected chi connectivity index (χ4v) is 2.98. The molecule has 1 saturated heterocycles. The summed E-state index contributed by atoms with van der Waals surface area (Å²) in [4.78, 5) is 10.2. The molecule has 8 heteroatoms. The molecule has 0 atom stereocenters. The number of halogens is 3. The lowest BCUT2D eigenvalue weighted by molar-refractivity contribution is 0.0681. The zero-order valence-corrected chi connectivity index (χ0v) is 13.2. The number of aromatic nitrogens is 3. The van der Waals surface area contributed by atoms with Gasteiger partial charge >= 0.3 is 0 Å². The maximum absolute atomic E-state index is 12.4. The van der Waals surface area contributed by atoms with E-state index < -0.39 is 6.43 Å². The molecule has 1 fully saturated rings. The third kappa shape index (κ3) is 4.45. The normalized spacial score (nSPS) is 17.0. The van der Waals surface area contributed by atoms with Crippen LogP contribution in [0.3, 0.4) is 0 Å². The average molecular weight is 343 g/mol. The molecule has 2 aromatic heterocycles. The van der Waals surface area contributed by atoms with Gasteiger partial charge in [-0.25, -0.2) is 8.78 Å². The van der Waals surface area contributed by atoms with Crippen LogP contribution in [-0.2, 0) is 6.42 Å². The van der Waals surface area contributed by atoms with Crippen LogP contribution in [0.25, 0.3) is 11.4 Å². The number of piperidine rings is 1. The summed E-state index contributed by atoms with van der Waals surface area (Å²) >= 11 is 5.90. The molecule has 3 heterocycles. The van der Waals surface area contributed by atoms with E-state index in [1.165, 1.54) is 0 Å². The van der Waals surface area contributed by atoms with Crippen molar-refractivity contribution in [1.82, 2.24) is 20.0 Å². The van der Waals surface area contributed by atoms with Gasteiger partial charge in [0.1, 0.15) is 0 Å². The van der Waals surface area contributed by atoms with E-state index in [0.717, 1.165) is 12.8 Å². The van der Waals surface area contributed by atoms with Crippen LogP contribution in [0.4, 0.5) is 8.78 Å². The third-order valence-corrected chi connectivity index (χ3v) is 4.20. The molecule has 0 bridgehead atoms.